The van der Waals surface area contributed by atoms with Crippen LogP contribution < -0.4 is 31.0 Å². The van der Waals surface area contributed by atoms with Gasteiger partial charge in [-0.3, -0.25) is 10.9 Å². The van der Waals surface area contributed by atoms with E-state index in [1.165, 1.54) is 0 Å². The van der Waals surface area contributed by atoms with Crippen molar-refractivity contribution in [2.75, 3.05) is 33.9 Å². The minimum absolute atomic E-state index is 0.237. The number of methoxy groups -OCH3 is 2. The first-order chi connectivity index (χ1) is 12.6. The molecular formula is C17H26N4O3S2. The van der Waals surface area contributed by atoms with Gasteiger partial charge in [0.1, 0.15) is 0 Å². The van der Waals surface area contributed by atoms with E-state index in [4.69, 9.17) is 38.6 Å². The van der Waals surface area contributed by atoms with Crippen LogP contribution in [-0.4, -0.2) is 50.2 Å². The number of hydrogen-bond donors (Lipinski definition) is 4. The molecule has 0 spiro atoms. The summed E-state index contributed by atoms with van der Waals surface area (Å²) in [6.45, 7) is 2.21. The van der Waals surface area contributed by atoms with Crippen molar-refractivity contribution in [3.8, 4) is 11.5 Å². The summed E-state index contributed by atoms with van der Waals surface area (Å²) in [7, 11) is 3.25. The standard InChI is InChI=1S/C17H26N4O3S2/c1-22-14-6-5-12(10-15(14)23-2)7-8-18-16(25)20-21-17(26)19-11-13-4-3-9-24-13/h5-6,10,13H,3-4,7-9,11H2,1-2H3,(H2,18,20,25)(H2,19,21,26). The second kappa shape index (κ2) is 11.0. The molecule has 1 aromatic carbocycles. The molecule has 1 atom stereocenters. The van der Waals surface area contributed by atoms with Crippen molar-refractivity contribution >= 4 is 34.7 Å². The Morgan fingerprint density at radius 2 is 1.85 bits per heavy atom. The van der Waals surface area contributed by atoms with Gasteiger partial charge in [0.25, 0.3) is 0 Å². The van der Waals surface area contributed by atoms with Crippen LogP contribution in [0.3, 0.4) is 0 Å². The third-order valence-corrected chi connectivity index (χ3v) is 4.44. The van der Waals surface area contributed by atoms with Gasteiger partial charge in [0.05, 0.1) is 20.3 Å². The quantitative estimate of drug-likeness (QED) is 0.401. The van der Waals surface area contributed by atoms with Crippen LogP contribution in [0.4, 0.5) is 0 Å². The number of benzene rings is 1. The molecule has 0 aromatic heterocycles. The van der Waals surface area contributed by atoms with E-state index in [-0.39, 0.29) is 6.10 Å². The fourth-order valence-electron chi connectivity index (χ4n) is 2.57. The lowest BCUT2D eigenvalue weighted by molar-refractivity contribution is 0.114. The van der Waals surface area contributed by atoms with Gasteiger partial charge in [0.15, 0.2) is 21.7 Å². The fourth-order valence-corrected chi connectivity index (χ4v) is 2.86. The van der Waals surface area contributed by atoms with Crippen molar-refractivity contribution in [1.29, 1.82) is 0 Å². The molecule has 1 saturated heterocycles. The zero-order chi connectivity index (χ0) is 18.8. The van der Waals surface area contributed by atoms with E-state index in [0.717, 1.165) is 42.9 Å². The molecule has 1 aromatic rings. The molecule has 0 saturated carbocycles. The Labute approximate surface area is 165 Å². The summed E-state index contributed by atoms with van der Waals surface area (Å²) in [6.07, 6.45) is 3.21. The van der Waals surface area contributed by atoms with Crippen LogP contribution in [0.2, 0.25) is 0 Å². The number of rotatable bonds is 7. The zero-order valence-electron chi connectivity index (χ0n) is 15.1. The molecule has 9 heteroatoms. The average molecular weight is 399 g/mol. The van der Waals surface area contributed by atoms with Gasteiger partial charge in [0, 0.05) is 19.7 Å². The number of thiocarbonyl (C=S) groups is 2. The molecule has 0 aliphatic carbocycles. The number of nitrogens with one attached hydrogen (secondary N) is 4. The van der Waals surface area contributed by atoms with Crippen LogP contribution >= 0.6 is 24.4 Å². The Bertz CT molecular complexity index is 610. The maximum atomic E-state index is 5.53. The third-order valence-electron chi connectivity index (χ3n) is 3.95. The molecule has 1 fully saturated rings. The van der Waals surface area contributed by atoms with Gasteiger partial charge in [-0.05, 0) is 61.4 Å². The van der Waals surface area contributed by atoms with E-state index in [2.05, 4.69) is 21.5 Å². The van der Waals surface area contributed by atoms with E-state index in [0.29, 0.717) is 23.3 Å². The summed E-state index contributed by atoms with van der Waals surface area (Å²) in [5.41, 5.74) is 6.85. The topological polar surface area (TPSA) is 75.8 Å². The minimum Gasteiger partial charge on any atom is -0.493 e. The van der Waals surface area contributed by atoms with Gasteiger partial charge < -0.3 is 24.8 Å². The fraction of sp³-hybridized carbons (Fsp3) is 0.529. The number of ether oxygens (including phenoxy) is 3. The average Bonchev–Trinajstić information content (AvgIpc) is 3.18. The van der Waals surface area contributed by atoms with Gasteiger partial charge in [-0.2, -0.15) is 0 Å². The number of hydrogen-bond acceptors (Lipinski definition) is 5. The second-order valence-corrected chi connectivity index (χ2v) is 6.61. The van der Waals surface area contributed by atoms with Gasteiger partial charge >= 0.3 is 0 Å². The molecule has 1 heterocycles. The molecule has 1 aliphatic heterocycles. The Kier molecular flexibility index (Phi) is 8.66. The molecule has 26 heavy (non-hydrogen) atoms. The molecule has 2 rings (SSSR count). The van der Waals surface area contributed by atoms with Crippen LogP contribution in [0.25, 0.3) is 0 Å². The van der Waals surface area contributed by atoms with E-state index >= 15 is 0 Å². The maximum Gasteiger partial charge on any atom is 0.185 e. The molecular weight excluding hydrogens is 372 g/mol. The van der Waals surface area contributed by atoms with E-state index in [1.54, 1.807) is 14.2 Å². The summed E-state index contributed by atoms with van der Waals surface area (Å²) >= 11 is 10.4. The molecule has 0 bridgehead atoms. The van der Waals surface area contributed by atoms with Gasteiger partial charge in [-0.15, -0.1) is 0 Å². The van der Waals surface area contributed by atoms with Gasteiger partial charge in [-0.1, -0.05) is 6.07 Å². The summed E-state index contributed by atoms with van der Waals surface area (Å²) in [5, 5.41) is 7.20. The Morgan fingerprint density at radius 1 is 1.12 bits per heavy atom. The first-order valence-electron chi connectivity index (χ1n) is 8.52. The monoisotopic (exact) mass is 398 g/mol. The van der Waals surface area contributed by atoms with Crippen LogP contribution in [0, 0.1) is 0 Å². The largest absolute Gasteiger partial charge is 0.493 e. The van der Waals surface area contributed by atoms with Crippen LogP contribution in [-0.2, 0) is 11.2 Å². The summed E-state index contributed by atoms with van der Waals surface area (Å²) in [4.78, 5) is 0. The van der Waals surface area contributed by atoms with Crippen LogP contribution in [0.5, 0.6) is 11.5 Å². The van der Waals surface area contributed by atoms with Crippen molar-refractivity contribution in [3.63, 3.8) is 0 Å². The van der Waals surface area contributed by atoms with E-state index < -0.39 is 0 Å². The first-order valence-corrected chi connectivity index (χ1v) is 9.34. The smallest absolute Gasteiger partial charge is 0.185 e. The molecule has 144 valence electrons. The van der Waals surface area contributed by atoms with Crippen LogP contribution in [0.1, 0.15) is 18.4 Å². The van der Waals surface area contributed by atoms with E-state index in [9.17, 15) is 0 Å². The van der Waals surface area contributed by atoms with Crippen molar-refractivity contribution < 1.29 is 14.2 Å². The molecule has 0 amide bonds. The highest BCUT2D eigenvalue weighted by atomic mass is 32.1. The third kappa shape index (κ3) is 6.81. The normalized spacial score (nSPS) is 15.8. The molecule has 7 nitrogen and oxygen atoms in total. The summed E-state index contributed by atoms with van der Waals surface area (Å²) < 4.78 is 16.1. The molecule has 4 N–H and O–H groups in total. The summed E-state index contributed by atoms with van der Waals surface area (Å²) in [5.74, 6) is 1.43. The second-order valence-electron chi connectivity index (χ2n) is 5.79. The van der Waals surface area contributed by atoms with Gasteiger partial charge in [-0.25, -0.2) is 0 Å². The van der Waals surface area contributed by atoms with Crippen LogP contribution in [0.15, 0.2) is 18.2 Å². The maximum absolute atomic E-state index is 5.53. The zero-order valence-corrected chi connectivity index (χ0v) is 16.7. The summed E-state index contributed by atoms with van der Waals surface area (Å²) in [6, 6.07) is 5.85. The Hall–Kier alpha value is -1.84. The molecule has 1 unspecified atom stereocenters. The minimum atomic E-state index is 0.237. The number of hydrazine groups is 1. The lowest BCUT2D eigenvalue weighted by atomic mass is 10.1. The Balaban J connectivity index is 1.61. The first kappa shape index (κ1) is 20.5. The van der Waals surface area contributed by atoms with Crippen molar-refractivity contribution in [1.82, 2.24) is 21.5 Å². The van der Waals surface area contributed by atoms with E-state index in [1.807, 2.05) is 18.2 Å². The lowest BCUT2D eigenvalue weighted by Crippen LogP contribution is -2.51. The lowest BCUT2D eigenvalue weighted by Gasteiger charge is -2.16. The molecule has 0 radical (unpaired) electrons. The highest BCUT2D eigenvalue weighted by molar-refractivity contribution is 7.80. The Morgan fingerprint density at radius 3 is 2.50 bits per heavy atom. The predicted octanol–water partition coefficient (Wildman–Crippen LogP) is 1.27. The molecule has 1 aliphatic rings. The highest BCUT2D eigenvalue weighted by Gasteiger charge is 2.15. The van der Waals surface area contributed by atoms with Crippen molar-refractivity contribution in [3.05, 3.63) is 23.8 Å². The predicted molar refractivity (Wildman–Crippen MR) is 110 cm³/mol. The van der Waals surface area contributed by atoms with Crippen molar-refractivity contribution in [2.24, 2.45) is 0 Å². The van der Waals surface area contributed by atoms with Gasteiger partial charge in [0.2, 0.25) is 0 Å². The van der Waals surface area contributed by atoms with Crippen molar-refractivity contribution in [2.45, 2.75) is 25.4 Å². The SMILES string of the molecule is COc1ccc(CCNC(=S)NNC(=S)NCC2CCCO2)cc1OC. The highest BCUT2D eigenvalue weighted by Crippen LogP contribution is 2.27.